The van der Waals surface area contributed by atoms with Gasteiger partial charge in [-0.1, -0.05) is 0 Å². The average molecular weight is 289 g/mol. The Morgan fingerprint density at radius 1 is 1.29 bits per heavy atom. The number of hydrogen-bond acceptors (Lipinski definition) is 5. The Bertz CT molecular complexity index is 590. The Morgan fingerprint density at radius 3 is 2.62 bits per heavy atom. The number of carbonyl (C=O) groups excluding carboxylic acids is 1. The normalized spacial score (nSPS) is 10.6. The lowest BCUT2D eigenvalue weighted by Crippen LogP contribution is -2.15. The van der Waals surface area contributed by atoms with Gasteiger partial charge in [-0.25, -0.2) is 4.79 Å². The summed E-state index contributed by atoms with van der Waals surface area (Å²) >= 11 is 0. The van der Waals surface area contributed by atoms with Crippen molar-refractivity contribution in [1.82, 2.24) is 9.78 Å². The third kappa shape index (κ3) is 4.52. The first-order valence-corrected chi connectivity index (χ1v) is 6.72. The van der Waals surface area contributed by atoms with Crippen molar-refractivity contribution < 1.29 is 14.3 Å². The number of carbonyl (C=O) groups is 1. The van der Waals surface area contributed by atoms with Gasteiger partial charge in [0, 0.05) is 17.9 Å². The number of esters is 1. The fourth-order valence-electron chi connectivity index (χ4n) is 1.64. The predicted octanol–water partition coefficient (Wildman–Crippen LogP) is 2.17. The van der Waals surface area contributed by atoms with Gasteiger partial charge in [-0.15, -0.1) is 0 Å². The summed E-state index contributed by atoms with van der Waals surface area (Å²) in [5, 5.41) is 4.29. The summed E-state index contributed by atoms with van der Waals surface area (Å²) in [5.41, 5.74) is 6.92. The van der Waals surface area contributed by atoms with Crippen LogP contribution in [-0.2, 0) is 16.1 Å². The van der Waals surface area contributed by atoms with Crippen molar-refractivity contribution in [3.8, 4) is 5.75 Å². The lowest BCUT2D eigenvalue weighted by molar-refractivity contribution is -0.147. The number of nitrogen functional groups attached to an aromatic ring is 1. The Morgan fingerprint density at radius 2 is 2.00 bits per heavy atom. The highest BCUT2D eigenvalue weighted by atomic mass is 16.6. The van der Waals surface area contributed by atoms with Crippen LogP contribution in [0.3, 0.4) is 0 Å². The molecule has 1 heterocycles. The number of anilines is 1. The van der Waals surface area contributed by atoms with Crippen LogP contribution in [0.2, 0.25) is 0 Å². The zero-order chi connectivity index (χ0) is 15.2. The summed E-state index contributed by atoms with van der Waals surface area (Å²) in [6.45, 7) is 4.06. The molecule has 0 radical (unpaired) electrons. The van der Waals surface area contributed by atoms with Gasteiger partial charge < -0.3 is 15.2 Å². The van der Waals surface area contributed by atoms with Crippen LogP contribution in [-0.4, -0.2) is 22.4 Å². The first-order chi connectivity index (χ1) is 10.0. The molecule has 0 fully saturated rings. The average Bonchev–Trinajstić information content (AvgIpc) is 2.93. The van der Waals surface area contributed by atoms with Crippen molar-refractivity contribution in [3.63, 3.8) is 0 Å². The number of ether oxygens (including phenoxy) is 2. The van der Waals surface area contributed by atoms with E-state index in [1.54, 1.807) is 24.3 Å². The molecule has 21 heavy (non-hydrogen) atoms. The summed E-state index contributed by atoms with van der Waals surface area (Å²) < 4.78 is 12.2. The standard InChI is InChI=1S/C15H19N3O3/c1-11(2)18-8-7-13(17-18)9-21-15(19)10-20-14-5-3-12(16)4-6-14/h3-8,11H,9-10,16H2,1-2H3. The molecule has 0 spiro atoms. The number of nitrogens with two attached hydrogens (primary N) is 1. The number of aromatic nitrogens is 2. The van der Waals surface area contributed by atoms with E-state index >= 15 is 0 Å². The minimum Gasteiger partial charge on any atom is -0.482 e. The van der Waals surface area contributed by atoms with E-state index in [1.165, 1.54) is 0 Å². The Balaban J connectivity index is 1.75. The molecule has 0 amide bonds. The molecule has 0 aliphatic carbocycles. The van der Waals surface area contributed by atoms with Gasteiger partial charge in [0.25, 0.3) is 0 Å². The molecule has 0 aliphatic rings. The van der Waals surface area contributed by atoms with Crippen molar-refractivity contribution in [1.29, 1.82) is 0 Å². The molecule has 0 unspecified atom stereocenters. The second kappa shape index (κ2) is 6.78. The van der Waals surface area contributed by atoms with Gasteiger partial charge in [0.05, 0.1) is 5.69 Å². The van der Waals surface area contributed by atoms with E-state index in [1.807, 2.05) is 30.8 Å². The van der Waals surface area contributed by atoms with Gasteiger partial charge in [0.15, 0.2) is 6.61 Å². The highest BCUT2D eigenvalue weighted by Crippen LogP contribution is 2.13. The van der Waals surface area contributed by atoms with Crippen LogP contribution < -0.4 is 10.5 Å². The maximum atomic E-state index is 11.6. The van der Waals surface area contributed by atoms with Crippen LogP contribution in [0.5, 0.6) is 5.75 Å². The fourth-order valence-corrected chi connectivity index (χ4v) is 1.64. The zero-order valence-corrected chi connectivity index (χ0v) is 12.2. The minimum atomic E-state index is -0.439. The third-order valence-electron chi connectivity index (χ3n) is 2.81. The molecule has 6 heteroatoms. The molecule has 0 aliphatic heterocycles. The van der Waals surface area contributed by atoms with E-state index in [9.17, 15) is 4.79 Å². The maximum absolute atomic E-state index is 11.6. The SMILES string of the molecule is CC(C)n1ccc(COC(=O)COc2ccc(N)cc2)n1. The Kier molecular flexibility index (Phi) is 4.81. The molecule has 2 rings (SSSR count). The second-order valence-electron chi connectivity index (χ2n) is 4.90. The van der Waals surface area contributed by atoms with Crippen molar-refractivity contribution in [2.75, 3.05) is 12.3 Å². The molecule has 2 N–H and O–H groups in total. The van der Waals surface area contributed by atoms with E-state index in [0.717, 1.165) is 0 Å². The molecular formula is C15H19N3O3. The molecule has 112 valence electrons. The first kappa shape index (κ1) is 14.9. The highest BCUT2D eigenvalue weighted by molar-refractivity contribution is 5.71. The van der Waals surface area contributed by atoms with E-state index < -0.39 is 5.97 Å². The number of benzene rings is 1. The molecule has 1 aromatic heterocycles. The van der Waals surface area contributed by atoms with Crippen LogP contribution in [0.1, 0.15) is 25.6 Å². The summed E-state index contributed by atoms with van der Waals surface area (Å²) in [6, 6.07) is 8.93. The zero-order valence-electron chi connectivity index (χ0n) is 12.2. The molecule has 2 aromatic rings. The topological polar surface area (TPSA) is 79.4 Å². The summed E-state index contributed by atoms with van der Waals surface area (Å²) in [7, 11) is 0. The molecular weight excluding hydrogens is 270 g/mol. The van der Waals surface area contributed by atoms with Gasteiger partial charge in [0.2, 0.25) is 0 Å². The molecule has 0 atom stereocenters. The van der Waals surface area contributed by atoms with Gasteiger partial charge in [-0.2, -0.15) is 5.10 Å². The lowest BCUT2D eigenvalue weighted by atomic mass is 10.3. The quantitative estimate of drug-likeness (QED) is 0.651. The van der Waals surface area contributed by atoms with Crippen molar-refractivity contribution in [3.05, 3.63) is 42.2 Å². The Hall–Kier alpha value is -2.50. The lowest BCUT2D eigenvalue weighted by Gasteiger charge is -2.07. The van der Waals surface area contributed by atoms with Crippen LogP contribution in [0, 0.1) is 0 Å². The van der Waals surface area contributed by atoms with Gasteiger partial charge in [-0.05, 0) is 44.2 Å². The number of nitrogens with zero attached hydrogens (tertiary/aromatic N) is 2. The number of hydrogen-bond donors (Lipinski definition) is 1. The molecule has 0 saturated carbocycles. The highest BCUT2D eigenvalue weighted by Gasteiger charge is 2.07. The molecule has 0 saturated heterocycles. The predicted molar refractivity (Wildman–Crippen MR) is 78.8 cm³/mol. The Labute approximate surface area is 123 Å². The van der Waals surface area contributed by atoms with Crippen molar-refractivity contribution in [2.24, 2.45) is 0 Å². The fraction of sp³-hybridized carbons (Fsp3) is 0.333. The van der Waals surface area contributed by atoms with E-state index in [4.69, 9.17) is 15.2 Å². The molecule has 0 bridgehead atoms. The van der Waals surface area contributed by atoms with Crippen LogP contribution >= 0.6 is 0 Å². The van der Waals surface area contributed by atoms with Crippen molar-refractivity contribution in [2.45, 2.75) is 26.5 Å². The van der Waals surface area contributed by atoms with E-state index in [0.29, 0.717) is 17.1 Å². The molecule has 1 aromatic carbocycles. The van der Waals surface area contributed by atoms with Crippen molar-refractivity contribution >= 4 is 11.7 Å². The van der Waals surface area contributed by atoms with Gasteiger partial charge >= 0.3 is 5.97 Å². The summed E-state index contributed by atoms with van der Waals surface area (Å²) in [5.74, 6) is 0.135. The summed E-state index contributed by atoms with van der Waals surface area (Å²) in [6.07, 6.45) is 1.86. The molecule has 6 nitrogen and oxygen atoms in total. The second-order valence-corrected chi connectivity index (χ2v) is 4.90. The largest absolute Gasteiger partial charge is 0.482 e. The van der Waals surface area contributed by atoms with Gasteiger partial charge in [0.1, 0.15) is 12.4 Å². The monoisotopic (exact) mass is 289 g/mol. The van der Waals surface area contributed by atoms with Crippen LogP contribution in [0.25, 0.3) is 0 Å². The number of rotatable bonds is 6. The van der Waals surface area contributed by atoms with E-state index in [2.05, 4.69) is 5.10 Å². The van der Waals surface area contributed by atoms with Crippen LogP contribution in [0.15, 0.2) is 36.5 Å². The van der Waals surface area contributed by atoms with Crippen LogP contribution in [0.4, 0.5) is 5.69 Å². The van der Waals surface area contributed by atoms with E-state index in [-0.39, 0.29) is 19.3 Å². The minimum absolute atomic E-state index is 0.143. The maximum Gasteiger partial charge on any atom is 0.344 e. The van der Waals surface area contributed by atoms with Gasteiger partial charge in [-0.3, -0.25) is 4.68 Å². The third-order valence-corrected chi connectivity index (χ3v) is 2.81. The smallest absolute Gasteiger partial charge is 0.344 e. The summed E-state index contributed by atoms with van der Waals surface area (Å²) in [4.78, 5) is 11.6. The first-order valence-electron chi connectivity index (χ1n) is 6.72.